The van der Waals surface area contributed by atoms with E-state index < -0.39 is 16.8 Å². The maximum Gasteiger partial charge on any atom is 0.343 e. The molecule has 5 aromatic rings. The first kappa shape index (κ1) is 29.7. The molecule has 2 N–H and O–H groups in total. The molecule has 1 aromatic heterocycles. The second-order valence-corrected chi connectivity index (χ2v) is 10.7. The maximum atomic E-state index is 13.3. The summed E-state index contributed by atoms with van der Waals surface area (Å²) < 4.78 is 12.1. The number of aromatic amines is 1. The standard InChI is InChI=1S/C31H22ClIN4O6/c1-2-42-27-15-18(7-14-26(27)43-31(39)19-8-11-21(12-9-19)37(40)41)17-34-36-30(38)29-28(22-5-3-4-6-24(22)32)23-16-20(33)10-13-25(23)35-29/h3-17,35H,2H2,1H3,(H,36,38). The average molecular weight is 709 g/mol. The van der Waals surface area contributed by atoms with E-state index >= 15 is 0 Å². The number of H-pyrrole nitrogens is 1. The summed E-state index contributed by atoms with van der Waals surface area (Å²) in [5.41, 5.74) is 5.62. The van der Waals surface area contributed by atoms with Crippen LogP contribution in [0.4, 0.5) is 5.69 Å². The largest absolute Gasteiger partial charge is 0.490 e. The molecule has 10 nitrogen and oxygen atoms in total. The number of hydrogen-bond donors (Lipinski definition) is 2. The van der Waals surface area contributed by atoms with Gasteiger partial charge in [-0.3, -0.25) is 14.9 Å². The van der Waals surface area contributed by atoms with E-state index in [9.17, 15) is 19.7 Å². The summed E-state index contributed by atoms with van der Waals surface area (Å²) in [4.78, 5) is 39.4. The molecule has 0 unspecified atom stereocenters. The number of benzene rings is 4. The van der Waals surface area contributed by atoms with Crippen molar-refractivity contribution < 1.29 is 24.0 Å². The summed E-state index contributed by atoms with van der Waals surface area (Å²) >= 11 is 8.73. The summed E-state index contributed by atoms with van der Waals surface area (Å²) in [7, 11) is 0. The molecule has 5 rings (SSSR count). The number of hydrogen-bond acceptors (Lipinski definition) is 7. The number of nitro benzene ring substituents is 1. The van der Waals surface area contributed by atoms with E-state index in [2.05, 4.69) is 38.1 Å². The Balaban J connectivity index is 1.36. The van der Waals surface area contributed by atoms with Gasteiger partial charge in [0.05, 0.1) is 23.3 Å². The Morgan fingerprint density at radius 1 is 1.05 bits per heavy atom. The van der Waals surface area contributed by atoms with Crippen LogP contribution in [-0.4, -0.2) is 34.6 Å². The van der Waals surface area contributed by atoms with Crippen LogP contribution in [0.5, 0.6) is 11.5 Å². The monoisotopic (exact) mass is 708 g/mol. The van der Waals surface area contributed by atoms with Crippen molar-refractivity contribution in [2.75, 3.05) is 6.61 Å². The molecule has 0 aliphatic heterocycles. The summed E-state index contributed by atoms with van der Waals surface area (Å²) in [6.45, 7) is 2.07. The van der Waals surface area contributed by atoms with Gasteiger partial charge in [0.1, 0.15) is 5.69 Å². The number of fused-ring (bicyclic) bond motifs is 1. The zero-order valence-corrected chi connectivity index (χ0v) is 25.4. The predicted octanol–water partition coefficient (Wildman–Crippen LogP) is 7.38. The van der Waals surface area contributed by atoms with Gasteiger partial charge in [-0.2, -0.15) is 5.10 Å². The normalized spacial score (nSPS) is 11.0. The molecular weight excluding hydrogens is 687 g/mol. The Hall–Kier alpha value is -4.75. The molecule has 0 saturated heterocycles. The van der Waals surface area contributed by atoms with Crippen molar-refractivity contribution in [3.8, 4) is 22.6 Å². The molecule has 0 saturated carbocycles. The van der Waals surface area contributed by atoms with Crippen LogP contribution >= 0.6 is 34.2 Å². The lowest BCUT2D eigenvalue weighted by atomic mass is 10.0. The van der Waals surface area contributed by atoms with Crippen molar-refractivity contribution in [2.45, 2.75) is 6.92 Å². The molecule has 0 spiro atoms. The van der Waals surface area contributed by atoms with Crippen LogP contribution in [0.25, 0.3) is 22.0 Å². The van der Waals surface area contributed by atoms with Gasteiger partial charge >= 0.3 is 5.97 Å². The molecule has 1 heterocycles. The molecule has 0 fully saturated rings. The number of hydrazone groups is 1. The fourth-order valence-electron chi connectivity index (χ4n) is 4.34. The van der Waals surface area contributed by atoms with Gasteiger partial charge in [-0.1, -0.05) is 29.8 Å². The van der Waals surface area contributed by atoms with Crippen molar-refractivity contribution in [1.29, 1.82) is 0 Å². The molecule has 0 aliphatic carbocycles. The maximum absolute atomic E-state index is 13.3. The van der Waals surface area contributed by atoms with Crippen LogP contribution in [0.3, 0.4) is 0 Å². The SMILES string of the molecule is CCOc1cc(C=NNC(=O)c2[nH]c3ccc(I)cc3c2-c2ccccc2Cl)ccc1OC(=O)c1ccc([N+](=O)[O-])cc1. The Morgan fingerprint density at radius 2 is 1.81 bits per heavy atom. The van der Waals surface area contributed by atoms with Crippen LogP contribution in [0.2, 0.25) is 5.02 Å². The van der Waals surface area contributed by atoms with Gasteiger partial charge in [-0.25, -0.2) is 10.2 Å². The van der Waals surface area contributed by atoms with Gasteiger partial charge < -0.3 is 14.5 Å². The topological polar surface area (TPSA) is 136 Å². The van der Waals surface area contributed by atoms with Gasteiger partial charge in [0.15, 0.2) is 11.5 Å². The first-order valence-electron chi connectivity index (χ1n) is 12.9. The van der Waals surface area contributed by atoms with Crippen molar-refractivity contribution in [3.63, 3.8) is 0 Å². The van der Waals surface area contributed by atoms with Gasteiger partial charge in [0.2, 0.25) is 0 Å². The van der Waals surface area contributed by atoms with E-state index in [4.69, 9.17) is 21.1 Å². The number of aromatic nitrogens is 1. The number of carbonyl (C=O) groups is 2. The van der Waals surface area contributed by atoms with E-state index in [1.165, 1.54) is 36.5 Å². The molecule has 0 radical (unpaired) electrons. The third-order valence-corrected chi connectivity index (χ3v) is 7.30. The van der Waals surface area contributed by atoms with Gasteiger partial charge in [-0.05, 0) is 89.7 Å². The summed E-state index contributed by atoms with van der Waals surface area (Å²) in [5, 5.41) is 16.4. The Bertz CT molecular complexity index is 1890. The molecule has 12 heteroatoms. The van der Waals surface area contributed by atoms with Crippen molar-refractivity contribution in [1.82, 2.24) is 10.4 Å². The number of ether oxygens (including phenoxy) is 2. The van der Waals surface area contributed by atoms with Crippen LogP contribution in [0.15, 0.2) is 90.0 Å². The van der Waals surface area contributed by atoms with Crippen molar-refractivity contribution in [2.24, 2.45) is 5.10 Å². The number of carbonyl (C=O) groups excluding carboxylic acids is 2. The third-order valence-electron chi connectivity index (χ3n) is 6.29. The Labute approximate surface area is 264 Å². The minimum absolute atomic E-state index is 0.137. The number of non-ortho nitro benzene ring substituents is 1. The average Bonchev–Trinajstić information content (AvgIpc) is 3.37. The minimum Gasteiger partial charge on any atom is -0.490 e. The van der Waals surface area contributed by atoms with Gasteiger partial charge in [-0.15, -0.1) is 0 Å². The predicted molar refractivity (Wildman–Crippen MR) is 172 cm³/mol. The summed E-state index contributed by atoms with van der Waals surface area (Å²) in [6, 6.07) is 23.0. The van der Waals surface area contributed by atoms with Gasteiger partial charge in [0, 0.05) is 42.8 Å². The van der Waals surface area contributed by atoms with E-state index in [0.717, 1.165) is 14.5 Å². The lowest BCUT2D eigenvalue weighted by Crippen LogP contribution is -2.19. The Morgan fingerprint density at radius 3 is 2.53 bits per heavy atom. The van der Waals surface area contributed by atoms with E-state index in [0.29, 0.717) is 34.0 Å². The molecular formula is C31H22ClIN4O6. The number of nitrogens with zero attached hydrogens (tertiary/aromatic N) is 2. The molecule has 4 aromatic carbocycles. The zero-order valence-electron chi connectivity index (χ0n) is 22.5. The lowest BCUT2D eigenvalue weighted by molar-refractivity contribution is -0.384. The molecule has 1 amide bonds. The third kappa shape index (κ3) is 6.68. The van der Waals surface area contributed by atoms with E-state index in [1.807, 2.05) is 36.4 Å². The molecule has 216 valence electrons. The highest BCUT2D eigenvalue weighted by molar-refractivity contribution is 14.1. The lowest BCUT2D eigenvalue weighted by Gasteiger charge is -2.11. The van der Waals surface area contributed by atoms with Gasteiger partial charge in [0.25, 0.3) is 11.6 Å². The van der Waals surface area contributed by atoms with Crippen LogP contribution < -0.4 is 14.9 Å². The summed E-state index contributed by atoms with van der Waals surface area (Å²) in [6.07, 6.45) is 1.43. The molecule has 0 bridgehead atoms. The minimum atomic E-state index is -0.702. The summed E-state index contributed by atoms with van der Waals surface area (Å²) in [5.74, 6) is -0.731. The van der Waals surface area contributed by atoms with Crippen molar-refractivity contribution in [3.05, 3.63) is 120 Å². The second kappa shape index (κ2) is 13.0. The quantitative estimate of drug-likeness (QED) is 0.0410. The number of nitrogens with one attached hydrogen (secondary N) is 2. The van der Waals surface area contributed by atoms with Crippen LogP contribution in [0.1, 0.15) is 33.3 Å². The fraction of sp³-hybridized carbons (Fsp3) is 0.0645. The first-order chi connectivity index (χ1) is 20.7. The second-order valence-electron chi connectivity index (χ2n) is 9.08. The molecule has 0 aliphatic rings. The van der Waals surface area contributed by atoms with E-state index in [-0.39, 0.29) is 22.7 Å². The number of amides is 1. The molecule has 0 atom stereocenters. The highest BCUT2D eigenvalue weighted by atomic mass is 127. The highest BCUT2D eigenvalue weighted by Crippen LogP contribution is 2.37. The number of rotatable bonds is 9. The number of nitro groups is 1. The Kier molecular flexibility index (Phi) is 9.02. The van der Waals surface area contributed by atoms with Crippen molar-refractivity contribution >= 4 is 68.9 Å². The van der Waals surface area contributed by atoms with E-state index in [1.54, 1.807) is 25.1 Å². The molecule has 43 heavy (non-hydrogen) atoms. The fourth-order valence-corrected chi connectivity index (χ4v) is 5.06. The smallest absolute Gasteiger partial charge is 0.343 e. The number of halogens is 2. The number of esters is 1. The first-order valence-corrected chi connectivity index (χ1v) is 14.3. The van der Waals surface area contributed by atoms with Crippen LogP contribution in [-0.2, 0) is 0 Å². The van der Waals surface area contributed by atoms with Crippen LogP contribution in [0, 0.1) is 13.7 Å². The highest BCUT2D eigenvalue weighted by Gasteiger charge is 2.21. The zero-order chi connectivity index (χ0) is 30.5.